The van der Waals surface area contributed by atoms with Gasteiger partial charge in [0.25, 0.3) is 0 Å². The Morgan fingerprint density at radius 1 is 0.733 bits per heavy atom. The zero-order valence-corrected chi connectivity index (χ0v) is 22.2. The van der Waals surface area contributed by atoms with Gasteiger partial charge in [0, 0.05) is 0 Å². The molecule has 0 aliphatic heterocycles. The molecule has 0 amide bonds. The molecule has 0 radical (unpaired) electrons. The van der Waals surface area contributed by atoms with Crippen molar-refractivity contribution in [3.8, 4) is 0 Å². The molecule has 2 aliphatic rings. The first-order chi connectivity index (χ1) is 14.6. The van der Waals surface area contributed by atoms with Crippen LogP contribution in [0, 0.1) is 12.2 Å². The fourth-order valence-corrected chi connectivity index (χ4v) is 3.39. The molecule has 0 heterocycles. The van der Waals surface area contributed by atoms with Gasteiger partial charge in [-0.2, -0.15) is 23.3 Å². The first-order valence-electron chi connectivity index (χ1n) is 10.8. The summed E-state index contributed by atoms with van der Waals surface area (Å²) >= 11 is 1.74. The third-order valence-corrected chi connectivity index (χ3v) is 4.81. The van der Waals surface area contributed by atoms with E-state index in [2.05, 4.69) is 112 Å². The van der Waals surface area contributed by atoms with Crippen LogP contribution >= 0.6 is 0 Å². The van der Waals surface area contributed by atoms with Gasteiger partial charge >= 0.3 is 41.9 Å². The van der Waals surface area contributed by atoms with Gasteiger partial charge in [-0.1, -0.05) is 84.6 Å². The summed E-state index contributed by atoms with van der Waals surface area (Å²) in [5.74, 6) is 0. The van der Waals surface area contributed by atoms with Gasteiger partial charge in [-0.05, 0) is 12.8 Å². The van der Waals surface area contributed by atoms with E-state index in [9.17, 15) is 0 Å². The zero-order valence-electron chi connectivity index (χ0n) is 18.8. The van der Waals surface area contributed by atoms with Crippen molar-refractivity contribution in [3.63, 3.8) is 0 Å². The number of rotatable bonds is 4. The Labute approximate surface area is 198 Å². The molecule has 2 aromatic carbocycles. The molecule has 0 bridgehead atoms. The molecule has 2 aromatic rings. The molecular formula is C28H32SiZr. The molecule has 0 atom stereocenters. The molecule has 0 unspecified atom stereocenters. The first-order valence-corrected chi connectivity index (χ1v) is 17.0. The van der Waals surface area contributed by atoms with Gasteiger partial charge in [-0.15, -0.1) is 12.8 Å². The summed E-state index contributed by atoms with van der Waals surface area (Å²) in [6.45, 7) is 9.01. The average Bonchev–Trinajstić information content (AvgIpc) is 3.48. The molecule has 0 N–H and O–H groups in total. The summed E-state index contributed by atoms with van der Waals surface area (Å²) in [7, 11) is 0. The van der Waals surface area contributed by atoms with Crippen molar-refractivity contribution in [1.82, 2.24) is 0 Å². The van der Waals surface area contributed by atoms with Crippen LogP contribution in [0.4, 0.5) is 0 Å². The van der Waals surface area contributed by atoms with E-state index in [1.165, 1.54) is 33.4 Å². The van der Waals surface area contributed by atoms with Crippen LogP contribution in [0.1, 0.15) is 48.9 Å². The van der Waals surface area contributed by atoms with Gasteiger partial charge in [0.05, 0.1) is 0 Å². The van der Waals surface area contributed by atoms with E-state index in [4.69, 9.17) is 0 Å². The number of allylic oxidation sites excluding steroid dienone is 8. The Hall–Kier alpha value is -1.50. The minimum absolute atomic E-state index is 0.210. The summed E-state index contributed by atoms with van der Waals surface area (Å²) in [6.07, 6.45) is 19.2. The Bertz CT molecular complexity index is 883. The molecule has 2 heteroatoms. The monoisotopic (exact) mass is 486 g/mol. The number of benzene rings is 2. The Balaban J connectivity index is 0.000000182. The van der Waals surface area contributed by atoms with E-state index in [1.54, 1.807) is 23.3 Å². The van der Waals surface area contributed by atoms with Crippen molar-refractivity contribution < 1.29 is 23.3 Å². The summed E-state index contributed by atoms with van der Waals surface area (Å²) < 4.78 is 0. The summed E-state index contributed by atoms with van der Waals surface area (Å²) in [6, 6.07) is 17.2. The topological polar surface area (TPSA) is 0 Å². The van der Waals surface area contributed by atoms with Crippen LogP contribution in [-0.2, 0) is 36.2 Å². The average molecular weight is 488 g/mol. The molecule has 152 valence electrons. The standard InChI is InChI=1S/2C13H13.C2H6Si.Zr/c2*1-2-11-7-5-6-10-13(11)12-8-3-4-9-12;1-3-2;/h2*5-10H,2-3H2,1H3;1-2H3;/q2*-1;;+2. The fourth-order valence-electron chi connectivity index (χ4n) is 3.39. The fraction of sp³-hybridized carbons (Fsp3) is 0.286. The second-order valence-electron chi connectivity index (χ2n) is 7.45. The van der Waals surface area contributed by atoms with Crippen molar-refractivity contribution in [2.24, 2.45) is 0 Å². The predicted molar refractivity (Wildman–Crippen MR) is 130 cm³/mol. The molecule has 0 nitrogen and oxygen atoms in total. The van der Waals surface area contributed by atoms with E-state index >= 15 is 0 Å². The molecular weight excluding hydrogens is 456 g/mol. The predicted octanol–water partition coefficient (Wildman–Crippen LogP) is 7.58. The maximum absolute atomic E-state index is 3.20. The van der Waals surface area contributed by atoms with Crippen LogP contribution in [0.5, 0.6) is 0 Å². The van der Waals surface area contributed by atoms with Crippen molar-refractivity contribution in [1.29, 1.82) is 0 Å². The van der Waals surface area contributed by atoms with E-state index in [0.717, 1.165) is 25.7 Å². The van der Waals surface area contributed by atoms with Gasteiger partial charge in [0.2, 0.25) is 0 Å². The van der Waals surface area contributed by atoms with Crippen molar-refractivity contribution >= 4 is 16.6 Å². The maximum atomic E-state index is 3.20. The van der Waals surface area contributed by atoms with Gasteiger partial charge in [0.1, 0.15) is 0 Å². The Kier molecular flexibility index (Phi) is 11.3. The molecule has 0 saturated carbocycles. The van der Waals surface area contributed by atoms with Gasteiger partial charge in [0.15, 0.2) is 0 Å². The zero-order chi connectivity index (χ0) is 21.8. The summed E-state index contributed by atoms with van der Waals surface area (Å²) in [5, 5.41) is 0. The third-order valence-electron chi connectivity index (χ3n) is 4.81. The van der Waals surface area contributed by atoms with E-state index in [-0.39, 0.29) is 5.43 Å². The van der Waals surface area contributed by atoms with Crippen LogP contribution in [0.2, 0.25) is 13.1 Å². The SMILES string of the molecule is CCc1ccccc1C1=CC[C-]=C1.CCc1ccccc1C1=CC[C-]=C1.C[Si](C)=[Zr+2]. The van der Waals surface area contributed by atoms with Crippen LogP contribution in [0.25, 0.3) is 11.1 Å². The van der Waals surface area contributed by atoms with Gasteiger partial charge in [-0.3, -0.25) is 12.2 Å². The quantitative estimate of drug-likeness (QED) is 0.308. The van der Waals surface area contributed by atoms with E-state index in [1.807, 2.05) is 0 Å². The molecule has 2 aliphatic carbocycles. The van der Waals surface area contributed by atoms with E-state index < -0.39 is 0 Å². The number of hydrogen-bond donors (Lipinski definition) is 0. The van der Waals surface area contributed by atoms with Crippen LogP contribution < -0.4 is 0 Å². The molecule has 30 heavy (non-hydrogen) atoms. The third kappa shape index (κ3) is 7.97. The second-order valence-corrected chi connectivity index (χ2v) is 16.8. The Morgan fingerprint density at radius 2 is 1.10 bits per heavy atom. The van der Waals surface area contributed by atoms with Gasteiger partial charge in [-0.25, -0.2) is 12.2 Å². The van der Waals surface area contributed by atoms with E-state index in [0.29, 0.717) is 0 Å². The molecule has 0 spiro atoms. The minimum atomic E-state index is 0.210. The van der Waals surface area contributed by atoms with Crippen molar-refractivity contribution in [2.75, 3.05) is 0 Å². The number of aryl methyl sites for hydroxylation is 2. The molecule has 4 rings (SSSR count). The molecule has 0 aromatic heterocycles. The normalized spacial score (nSPS) is 13.7. The van der Waals surface area contributed by atoms with Crippen LogP contribution in [-0.4, -0.2) is 5.43 Å². The van der Waals surface area contributed by atoms with Crippen LogP contribution in [0.3, 0.4) is 0 Å². The molecule has 0 fully saturated rings. The summed E-state index contributed by atoms with van der Waals surface area (Å²) in [5.41, 5.74) is 8.46. The molecule has 0 saturated heterocycles. The van der Waals surface area contributed by atoms with Crippen molar-refractivity contribution in [2.45, 2.75) is 52.6 Å². The first kappa shape index (κ1) is 24.8. The van der Waals surface area contributed by atoms with Gasteiger partial charge < -0.3 is 0 Å². The second kappa shape index (κ2) is 13.7. The summed E-state index contributed by atoms with van der Waals surface area (Å²) in [4.78, 5) is 0. The van der Waals surface area contributed by atoms with Crippen molar-refractivity contribution in [3.05, 3.63) is 107 Å². The van der Waals surface area contributed by atoms with Crippen LogP contribution in [0.15, 0.2) is 72.8 Å². The Morgan fingerprint density at radius 3 is 1.40 bits per heavy atom. The number of hydrogen-bond acceptors (Lipinski definition) is 0.